The van der Waals surface area contributed by atoms with Crippen LogP contribution in [0.2, 0.25) is 0 Å². The molecule has 0 N–H and O–H groups in total. The van der Waals surface area contributed by atoms with Gasteiger partial charge >= 0.3 is 0 Å². The van der Waals surface area contributed by atoms with Gasteiger partial charge in [-0.15, -0.1) is 11.3 Å². The maximum atomic E-state index is 13.1. The lowest BCUT2D eigenvalue weighted by Crippen LogP contribution is -1.91. The maximum Gasteiger partial charge on any atom is 0.194 e. The first-order valence-electron chi connectivity index (χ1n) is 5.15. The Labute approximate surface area is 105 Å². The van der Waals surface area contributed by atoms with Crippen molar-refractivity contribution in [3.05, 3.63) is 53.8 Å². The molecule has 0 aliphatic rings. The van der Waals surface area contributed by atoms with Gasteiger partial charge in [0.2, 0.25) is 0 Å². The lowest BCUT2D eigenvalue weighted by molar-refractivity contribution is 0.447. The van der Waals surface area contributed by atoms with Crippen LogP contribution in [0.15, 0.2) is 36.4 Å². The predicted molar refractivity (Wildman–Crippen MR) is 64.9 cm³/mol. The first-order valence-corrected chi connectivity index (χ1v) is 5.97. The highest BCUT2D eigenvalue weighted by molar-refractivity contribution is 7.21. The Morgan fingerprint density at radius 3 is 2.28 bits per heavy atom. The van der Waals surface area contributed by atoms with Gasteiger partial charge in [0.25, 0.3) is 0 Å². The molecule has 0 aliphatic heterocycles. The highest BCUT2D eigenvalue weighted by Gasteiger charge is 2.14. The molecule has 1 heterocycles. The smallest absolute Gasteiger partial charge is 0.194 e. The second kappa shape index (κ2) is 4.10. The molecular weight excluding hydrogens is 259 g/mol. The SMILES string of the molecule is Fc1cc(-c2nc3ccccc3s2)cc(F)c1F. The first-order chi connectivity index (χ1) is 8.65. The van der Waals surface area contributed by atoms with Crippen LogP contribution in [0, 0.1) is 17.5 Å². The Bertz CT molecular complexity index is 680. The van der Waals surface area contributed by atoms with Crippen molar-refractivity contribution < 1.29 is 13.2 Å². The molecule has 0 fully saturated rings. The zero-order chi connectivity index (χ0) is 12.7. The number of thiazole rings is 1. The number of aromatic nitrogens is 1. The van der Waals surface area contributed by atoms with E-state index in [1.165, 1.54) is 11.3 Å². The number of halogens is 3. The molecule has 5 heteroatoms. The van der Waals surface area contributed by atoms with E-state index in [-0.39, 0.29) is 5.56 Å². The third-order valence-electron chi connectivity index (χ3n) is 2.52. The summed E-state index contributed by atoms with van der Waals surface area (Å²) in [5.74, 6) is -3.87. The number of hydrogen-bond donors (Lipinski definition) is 0. The van der Waals surface area contributed by atoms with Crippen LogP contribution in [0.5, 0.6) is 0 Å². The summed E-state index contributed by atoms with van der Waals surface area (Å²) in [5, 5.41) is 0.467. The van der Waals surface area contributed by atoms with Crippen LogP contribution in [0.25, 0.3) is 20.8 Å². The quantitative estimate of drug-likeness (QED) is 0.595. The number of para-hydroxylation sites is 1. The molecule has 0 aliphatic carbocycles. The molecule has 0 amide bonds. The Morgan fingerprint density at radius 1 is 0.944 bits per heavy atom. The molecule has 3 aromatic rings. The predicted octanol–water partition coefficient (Wildman–Crippen LogP) is 4.38. The molecule has 1 aromatic heterocycles. The van der Waals surface area contributed by atoms with Crippen molar-refractivity contribution in [2.24, 2.45) is 0 Å². The van der Waals surface area contributed by atoms with Gasteiger partial charge in [0.05, 0.1) is 10.2 Å². The number of nitrogens with zero attached hydrogens (tertiary/aromatic N) is 1. The van der Waals surface area contributed by atoms with Gasteiger partial charge in [0.15, 0.2) is 17.5 Å². The topological polar surface area (TPSA) is 12.9 Å². The Morgan fingerprint density at radius 2 is 1.61 bits per heavy atom. The Balaban J connectivity index is 2.20. The van der Waals surface area contributed by atoms with E-state index in [4.69, 9.17) is 0 Å². The summed E-state index contributed by atoms with van der Waals surface area (Å²) < 4.78 is 40.1. The third kappa shape index (κ3) is 1.76. The van der Waals surface area contributed by atoms with E-state index in [0.29, 0.717) is 5.01 Å². The van der Waals surface area contributed by atoms with E-state index in [0.717, 1.165) is 22.3 Å². The molecule has 2 aromatic carbocycles. The molecule has 0 spiro atoms. The van der Waals surface area contributed by atoms with Crippen LogP contribution in [0.3, 0.4) is 0 Å². The van der Waals surface area contributed by atoms with Crippen molar-refractivity contribution in [2.45, 2.75) is 0 Å². The largest absolute Gasteiger partial charge is 0.236 e. The van der Waals surface area contributed by atoms with Gasteiger partial charge in [-0.2, -0.15) is 0 Å². The van der Waals surface area contributed by atoms with Crippen LogP contribution in [-0.4, -0.2) is 4.98 Å². The monoisotopic (exact) mass is 265 g/mol. The van der Waals surface area contributed by atoms with Gasteiger partial charge < -0.3 is 0 Å². The molecule has 3 rings (SSSR count). The molecule has 0 atom stereocenters. The Kier molecular flexibility index (Phi) is 2.56. The molecular formula is C13H6F3NS. The fourth-order valence-corrected chi connectivity index (χ4v) is 2.63. The molecule has 0 saturated carbocycles. The second-order valence-corrected chi connectivity index (χ2v) is 4.77. The Hall–Kier alpha value is -1.88. The van der Waals surface area contributed by atoms with Gasteiger partial charge in [-0.05, 0) is 24.3 Å². The third-order valence-corrected chi connectivity index (χ3v) is 3.61. The molecule has 90 valence electrons. The summed E-state index contributed by atoms with van der Waals surface area (Å²) in [4.78, 5) is 4.26. The van der Waals surface area contributed by atoms with Crippen molar-refractivity contribution in [1.82, 2.24) is 4.98 Å². The van der Waals surface area contributed by atoms with Crippen molar-refractivity contribution >= 4 is 21.6 Å². The van der Waals surface area contributed by atoms with Gasteiger partial charge in [0.1, 0.15) is 5.01 Å². The summed E-state index contributed by atoms with van der Waals surface area (Å²) >= 11 is 1.31. The van der Waals surface area contributed by atoms with Gasteiger partial charge in [-0.3, -0.25) is 0 Å². The van der Waals surface area contributed by atoms with Crippen LogP contribution in [0.1, 0.15) is 0 Å². The fraction of sp³-hybridized carbons (Fsp3) is 0. The summed E-state index contributed by atoms with van der Waals surface area (Å²) in [6.45, 7) is 0. The average molecular weight is 265 g/mol. The van der Waals surface area contributed by atoms with Crippen LogP contribution in [-0.2, 0) is 0 Å². The number of rotatable bonds is 1. The molecule has 0 unspecified atom stereocenters. The summed E-state index contributed by atoms with van der Waals surface area (Å²) in [5.41, 5.74) is 0.996. The average Bonchev–Trinajstić information content (AvgIpc) is 2.79. The van der Waals surface area contributed by atoms with E-state index in [2.05, 4.69) is 4.98 Å². The van der Waals surface area contributed by atoms with Crippen molar-refractivity contribution in [3.8, 4) is 10.6 Å². The molecule has 1 nitrogen and oxygen atoms in total. The zero-order valence-electron chi connectivity index (χ0n) is 8.95. The molecule has 18 heavy (non-hydrogen) atoms. The van der Waals surface area contributed by atoms with Gasteiger partial charge in [-0.1, -0.05) is 12.1 Å². The van der Waals surface area contributed by atoms with E-state index < -0.39 is 17.5 Å². The minimum atomic E-state index is -1.46. The molecule has 0 bridgehead atoms. The normalized spacial score (nSPS) is 11.1. The maximum absolute atomic E-state index is 13.1. The summed E-state index contributed by atoms with van der Waals surface area (Å²) in [7, 11) is 0. The fourth-order valence-electron chi connectivity index (χ4n) is 1.67. The van der Waals surface area contributed by atoms with Crippen LogP contribution < -0.4 is 0 Å². The molecule has 0 saturated heterocycles. The second-order valence-electron chi connectivity index (χ2n) is 3.74. The number of hydrogen-bond acceptors (Lipinski definition) is 2. The number of fused-ring (bicyclic) bond motifs is 1. The van der Waals surface area contributed by atoms with E-state index in [9.17, 15) is 13.2 Å². The van der Waals surface area contributed by atoms with E-state index in [1.54, 1.807) is 0 Å². The first kappa shape index (κ1) is 11.2. The summed E-state index contributed by atoms with van der Waals surface area (Å²) in [6.07, 6.45) is 0. The minimum absolute atomic E-state index is 0.243. The minimum Gasteiger partial charge on any atom is -0.236 e. The van der Waals surface area contributed by atoms with Crippen LogP contribution in [0.4, 0.5) is 13.2 Å². The van der Waals surface area contributed by atoms with Crippen LogP contribution >= 0.6 is 11.3 Å². The standard InChI is InChI=1S/C13H6F3NS/c14-8-5-7(6-9(15)12(8)16)13-17-10-3-1-2-4-11(10)18-13/h1-6H. The lowest BCUT2D eigenvalue weighted by atomic mass is 10.2. The highest BCUT2D eigenvalue weighted by atomic mass is 32.1. The van der Waals surface area contributed by atoms with Crippen molar-refractivity contribution in [2.75, 3.05) is 0 Å². The van der Waals surface area contributed by atoms with E-state index in [1.807, 2.05) is 24.3 Å². The summed E-state index contributed by atoms with van der Waals surface area (Å²) in [6, 6.07) is 9.28. The zero-order valence-corrected chi connectivity index (χ0v) is 9.77. The van der Waals surface area contributed by atoms with Gasteiger partial charge in [-0.25, -0.2) is 18.2 Å². The number of benzene rings is 2. The highest BCUT2D eigenvalue weighted by Crippen LogP contribution is 2.31. The molecule has 0 radical (unpaired) electrons. The van der Waals surface area contributed by atoms with Crippen molar-refractivity contribution in [1.29, 1.82) is 0 Å². The van der Waals surface area contributed by atoms with E-state index >= 15 is 0 Å². The van der Waals surface area contributed by atoms with Crippen molar-refractivity contribution in [3.63, 3.8) is 0 Å². The van der Waals surface area contributed by atoms with Gasteiger partial charge in [0, 0.05) is 5.56 Å². The lowest BCUT2D eigenvalue weighted by Gasteiger charge is -1.99.